The summed E-state index contributed by atoms with van der Waals surface area (Å²) < 4.78 is 13.6. The van der Waals surface area contributed by atoms with E-state index in [0.29, 0.717) is 11.6 Å². The minimum Gasteiger partial charge on any atom is -0.333 e. The molecule has 0 saturated carbocycles. The van der Waals surface area contributed by atoms with Crippen LogP contribution in [0.15, 0.2) is 53.7 Å². The summed E-state index contributed by atoms with van der Waals surface area (Å²) in [4.78, 5) is 20.0. The topological polar surface area (TPSA) is 57.8 Å². The minimum atomic E-state index is -0.440. The van der Waals surface area contributed by atoms with Crippen LogP contribution in [0.5, 0.6) is 0 Å². The fraction of sp³-hybridized carbons (Fsp3) is 0.176. The molecule has 0 aliphatic rings. The standard InChI is InChI=1S/C17H16FN3OS/c1-2-15(16(22)19-12-8-4-3-7-11(12)18)23-17-20-13-9-5-6-10-14(13)21-17/h3-10,15H,2H2,1H3,(H,19,22)(H,20,21). The number of nitrogens with zero attached hydrogens (tertiary/aromatic N) is 1. The Balaban J connectivity index is 1.74. The van der Waals surface area contributed by atoms with Crippen LogP contribution < -0.4 is 5.32 Å². The molecule has 3 aromatic rings. The van der Waals surface area contributed by atoms with Gasteiger partial charge in [0.1, 0.15) is 5.82 Å². The van der Waals surface area contributed by atoms with Gasteiger partial charge in [0.15, 0.2) is 5.16 Å². The number of carbonyl (C=O) groups is 1. The number of imidazole rings is 1. The molecule has 1 heterocycles. The van der Waals surface area contributed by atoms with Crippen molar-refractivity contribution in [3.8, 4) is 0 Å². The molecule has 0 spiro atoms. The van der Waals surface area contributed by atoms with Crippen LogP contribution in [-0.2, 0) is 4.79 Å². The van der Waals surface area contributed by atoms with E-state index in [1.54, 1.807) is 18.2 Å². The van der Waals surface area contributed by atoms with Crippen molar-refractivity contribution in [2.24, 2.45) is 0 Å². The molecular weight excluding hydrogens is 313 g/mol. The van der Waals surface area contributed by atoms with Gasteiger partial charge >= 0.3 is 0 Å². The molecule has 2 N–H and O–H groups in total. The van der Waals surface area contributed by atoms with Gasteiger partial charge < -0.3 is 10.3 Å². The van der Waals surface area contributed by atoms with E-state index in [1.165, 1.54) is 17.8 Å². The van der Waals surface area contributed by atoms with Gasteiger partial charge in [-0.15, -0.1) is 0 Å². The number of H-pyrrole nitrogens is 1. The van der Waals surface area contributed by atoms with Crippen molar-refractivity contribution in [2.45, 2.75) is 23.8 Å². The molecule has 3 rings (SSSR count). The highest BCUT2D eigenvalue weighted by Crippen LogP contribution is 2.26. The first-order valence-corrected chi connectivity index (χ1v) is 8.22. The SMILES string of the molecule is CCC(Sc1nc2ccccc2[nH]1)C(=O)Nc1ccccc1F. The van der Waals surface area contributed by atoms with Gasteiger partial charge in [-0.3, -0.25) is 4.79 Å². The van der Waals surface area contributed by atoms with Gasteiger partial charge in [0, 0.05) is 0 Å². The lowest BCUT2D eigenvalue weighted by molar-refractivity contribution is -0.115. The Morgan fingerprint density at radius 2 is 2.00 bits per heavy atom. The van der Waals surface area contributed by atoms with E-state index >= 15 is 0 Å². The first kappa shape index (κ1) is 15.6. The maximum atomic E-state index is 13.6. The van der Waals surface area contributed by atoms with Gasteiger partial charge in [-0.1, -0.05) is 43.0 Å². The van der Waals surface area contributed by atoms with Crippen molar-refractivity contribution in [1.82, 2.24) is 9.97 Å². The number of para-hydroxylation sites is 3. The molecule has 0 fully saturated rings. The van der Waals surface area contributed by atoms with Crippen molar-refractivity contribution in [1.29, 1.82) is 0 Å². The Morgan fingerprint density at radius 1 is 1.26 bits per heavy atom. The second-order valence-electron chi connectivity index (χ2n) is 5.04. The predicted molar refractivity (Wildman–Crippen MR) is 91.1 cm³/mol. The maximum Gasteiger partial charge on any atom is 0.238 e. The number of benzene rings is 2. The number of amides is 1. The van der Waals surface area contributed by atoms with Gasteiger partial charge in [-0.05, 0) is 30.7 Å². The number of anilines is 1. The molecule has 1 atom stereocenters. The van der Waals surface area contributed by atoms with E-state index in [4.69, 9.17) is 0 Å². The molecule has 0 aliphatic carbocycles. The average Bonchev–Trinajstić information content (AvgIpc) is 2.97. The second kappa shape index (κ2) is 6.83. The Morgan fingerprint density at radius 3 is 2.74 bits per heavy atom. The molecule has 0 radical (unpaired) electrons. The lowest BCUT2D eigenvalue weighted by atomic mass is 10.2. The summed E-state index contributed by atoms with van der Waals surface area (Å²) >= 11 is 1.35. The molecule has 23 heavy (non-hydrogen) atoms. The Bertz CT molecular complexity index is 800. The first-order chi connectivity index (χ1) is 11.2. The van der Waals surface area contributed by atoms with E-state index in [2.05, 4.69) is 15.3 Å². The Labute approximate surface area is 137 Å². The van der Waals surface area contributed by atoms with E-state index in [0.717, 1.165) is 11.0 Å². The molecule has 6 heteroatoms. The molecule has 0 saturated heterocycles. The van der Waals surface area contributed by atoms with Crippen molar-refractivity contribution < 1.29 is 9.18 Å². The average molecular weight is 329 g/mol. The molecule has 0 aliphatic heterocycles. The summed E-state index contributed by atoms with van der Waals surface area (Å²) in [6.45, 7) is 1.92. The monoisotopic (exact) mass is 329 g/mol. The van der Waals surface area contributed by atoms with Crippen LogP contribution in [0.2, 0.25) is 0 Å². The van der Waals surface area contributed by atoms with E-state index in [1.807, 2.05) is 31.2 Å². The summed E-state index contributed by atoms with van der Waals surface area (Å²) in [6.07, 6.45) is 0.613. The number of thioether (sulfide) groups is 1. The molecule has 0 bridgehead atoms. The first-order valence-electron chi connectivity index (χ1n) is 7.34. The van der Waals surface area contributed by atoms with Gasteiger partial charge in [0.25, 0.3) is 0 Å². The number of nitrogens with one attached hydrogen (secondary N) is 2. The van der Waals surface area contributed by atoms with Gasteiger partial charge in [-0.2, -0.15) is 0 Å². The number of carbonyl (C=O) groups excluding carboxylic acids is 1. The molecular formula is C17H16FN3OS. The molecule has 1 aromatic heterocycles. The van der Waals surface area contributed by atoms with Crippen LogP contribution >= 0.6 is 11.8 Å². The minimum absolute atomic E-state index is 0.196. The van der Waals surface area contributed by atoms with Crippen molar-refractivity contribution in [3.05, 3.63) is 54.3 Å². The lowest BCUT2D eigenvalue weighted by Gasteiger charge is -2.13. The Kier molecular flexibility index (Phi) is 4.62. The number of fused-ring (bicyclic) bond motifs is 1. The third-order valence-corrected chi connectivity index (χ3v) is 4.67. The zero-order valence-corrected chi connectivity index (χ0v) is 13.4. The fourth-order valence-electron chi connectivity index (χ4n) is 2.22. The van der Waals surface area contributed by atoms with Gasteiger partial charge in [0.05, 0.1) is 22.0 Å². The van der Waals surface area contributed by atoms with Crippen LogP contribution in [0.3, 0.4) is 0 Å². The van der Waals surface area contributed by atoms with Crippen LogP contribution in [0.25, 0.3) is 11.0 Å². The molecule has 1 unspecified atom stereocenters. The normalized spacial score (nSPS) is 12.3. The molecule has 118 valence electrons. The lowest BCUT2D eigenvalue weighted by Crippen LogP contribution is -2.25. The van der Waals surface area contributed by atoms with Crippen molar-refractivity contribution in [3.63, 3.8) is 0 Å². The highest BCUT2D eigenvalue weighted by molar-refractivity contribution is 8.00. The molecule has 4 nitrogen and oxygen atoms in total. The number of halogens is 1. The van der Waals surface area contributed by atoms with E-state index in [9.17, 15) is 9.18 Å². The van der Waals surface area contributed by atoms with Crippen LogP contribution in [0.4, 0.5) is 10.1 Å². The highest BCUT2D eigenvalue weighted by Gasteiger charge is 2.20. The van der Waals surface area contributed by atoms with Crippen LogP contribution in [-0.4, -0.2) is 21.1 Å². The largest absolute Gasteiger partial charge is 0.333 e. The van der Waals surface area contributed by atoms with Crippen LogP contribution in [0.1, 0.15) is 13.3 Å². The van der Waals surface area contributed by atoms with Gasteiger partial charge in [-0.25, -0.2) is 9.37 Å². The smallest absolute Gasteiger partial charge is 0.238 e. The van der Waals surface area contributed by atoms with Crippen molar-refractivity contribution in [2.75, 3.05) is 5.32 Å². The summed E-state index contributed by atoms with van der Waals surface area (Å²) in [6, 6.07) is 13.8. The zero-order chi connectivity index (χ0) is 16.2. The second-order valence-corrected chi connectivity index (χ2v) is 6.23. The number of aromatic nitrogens is 2. The van der Waals surface area contributed by atoms with E-state index < -0.39 is 5.82 Å². The quantitative estimate of drug-likeness (QED) is 0.689. The number of aromatic amines is 1. The number of rotatable bonds is 5. The Hall–Kier alpha value is -2.34. The third-order valence-electron chi connectivity index (χ3n) is 3.42. The fourth-order valence-corrected chi connectivity index (χ4v) is 3.14. The zero-order valence-electron chi connectivity index (χ0n) is 12.5. The summed E-state index contributed by atoms with van der Waals surface area (Å²) in [5, 5.41) is 2.97. The van der Waals surface area contributed by atoms with E-state index in [-0.39, 0.29) is 16.8 Å². The maximum absolute atomic E-state index is 13.6. The summed E-state index contributed by atoms with van der Waals surface area (Å²) in [5.74, 6) is -0.674. The number of hydrogen-bond donors (Lipinski definition) is 2. The molecule has 1 amide bonds. The predicted octanol–water partition coefficient (Wildman–Crippen LogP) is 4.21. The van der Waals surface area contributed by atoms with Gasteiger partial charge in [0.2, 0.25) is 5.91 Å². The van der Waals surface area contributed by atoms with Crippen LogP contribution in [0, 0.1) is 5.82 Å². The van der Waals surface area contributed by atoms with Crippen molar-refractivity contribution >= 4 is 34.4 Å². The third kappa shape index (κ3) is 3.53. The highest BCUT2D eigenvalue weighted by atomic mass is 32.2. The summed E-state index contributed by atoms with van der Waals surface area (Å²) in [7, 11) is 0. The summed E-state index contributed by atoms with van der Waals surface area (Å²) in [5.41, 5.74) is 1.99. The molecule has 2 aromatic carbocycles. The number of hydrogen-bond acceptors (Lipinski definition) is 3.